The molecular weight excluding hydrogens is 334 g/mol. The summed E-state index contributed by atoms with van der Waals surface area (Å²) in [5.74, 6) is 0.105. The first kappa shape index (κ1) is 17.3. The number of benzene rings is 1. The van der Waals surface area contributed by atoms with Crippen LogP contribution in [0.15, 0.2) is 63.1 Å². The quantitative estimate of drug-likeness (QED) is 0.678. The molecule has 0 saturated heterocycles. The maximum absolute atomic E-state index is 12.3. The van der Waals surface area contributed by atoms with Crippen LogP contribution in [0.5, 0.6) is 0 Å². The van der Waals surface area contributed by atoms with Crippen LogP contribution in [0, 0.1) is 13.8 Å². The molecule has 0 atom stereocenters. The Balaban J connectivity index is 1.84. The zero-order valence-electron chi connectivity index (χ0n) is 14.3. The molecule has 2 N–H and O–H groups in total. The Hall–Kier alpha value is -3.54. The fraction of sp³-hybridized carbons (Fsp3) is 0.100. The Kier molecular flexibility index (Phi) is 4.75. The number of amides is 1. The fourth-order valence-corrected chi connectivity index (χ4v) is 2.53. The van der Waals surface area contributed by atoms with Gasteiger partial charge < -0.3 is 19.3 Å². The van der Waals surface area contributed by atoms with Crippen LogP contribution in [0.2, 0.25) is 0 Å². The molecule has 0 radical (unpaired) electrons. The first-order valence-electron chi connectivity index (χ1n) is 7.92. The topological polar surface area (TPSA) is 92.7 Å². The maximum Gasteiger partial charge on any atom is 0.352 e. The van der Waals surface area contributed by atoms with Gasteiger partial charge in [0.05, 0.1) is 5.56 Å². The van der Waals surface area contributed by atoms with E-state index in [0.29, 0.717) is 28.6 Å². The molecule has 0 aliphatic rings. The molecule has 26 heavy (non-hydrogen) atoms. The van der Waals surface area contributed by atoms with Crippen molar-refractivity contribution in [2.45, 2.75) is 13.8 Å². The Morgan fingerprint density at radius 1 is 1.04 bits per heavy atom. The number of aliphatic carboxylic acids is 1. The lowest BCUT2D eigenvalue weighted by molar-refractivity contribution is -0.132. The molecule has 2 heterocycles. The summed E-state index contributed by atoms with van der Waals surface area (Å²) in [5, 5.41) is 11.8. The van der Waals surface area contributed by atoms with Gasteiger partial charge in [-0.3, -0.25) is 4.79 Å². The van der Waals surface area contributed by atoms with E-state index in [0.717, 1.165) is 5.56 Å². The van der Waals surface area contributed by atoms with Crippen molar-refractivity contribution >= 4 is 18.0 Å². The van der Waals surface area contributed by atoms with E-state index in [4.69, 9.17) is 8.83 Å². The van der Waals surface area contributed by atoms with Crippen LogP contribution in [0.3, 0.4) is 0 Å². The molecule has 3 rings (SSSR count). The van der Waals surface area contributed by atoms with Crippen molar-refractivity contribution in [3.05, 3.63) is 77.1 Å². The van der Waals surface area contributed by atoms with Crippen molar-refractivity contribution in [1.82, 2.24) is 5.32 Å². The highest BCUT2D eigenvalue weighted by molar-refractivity contribution is 6.03. The average Bonchev–Trinajstić information content (AvgIpc) is 3.21. The number of carbonyl (C=O) groups excluding carboxylic acids is 1. The Bertz CT molecular complexity index is 979. The summed E-state index contributed by atoms with van der Waals surface area (Å²) in [6.45, 7) is 3.36. The van der Waals surface area contributed by atoms with E-state index in [-0.39, 0.29) is 5.70 Å². The van der Waals surface area contributed by atoms with Gasteiger partial charge in [-0.05, 0) is 32.0 Å². The van der Waals surface area contributed by atoms with Crippen LogP contribution in [0.4, 0.5) is 0 Å². The van der Waals surface area contributed by atoms with Crippen LogP contribution in [0.1, 0.15) is 27.6 Å². The lowest BCUT2D eigenvalue weighted by atomic mass is 10.2. The zero-order chi connectivity index (χ0) is 18.7. The molecule has 0 fully saturated rings. The van der Waals surface area contributed by atoms with Gasteiger partial charge in [-0.25, -0.2) is 4.79 Å². The number of nitrogens with one attached hydrogen (secondary N) is 1. The largest absolute Gasteiger partial charge is 0.477 e. The van der Waals surface area contributed by atoms with Crippen molar-refractivity contribution in [2.24, 2.45) is 0 Å². The normalized spacial score (nSPS) is 11.4. The summed E-state index contributed by atoms with van der Waals surface area (Å²) in [4.78, 5) is 23.8. The number of furan rings is 2. The summed E-state index contributed by atoms with van der Waals surface area (Å²) in [5.41, 5.74) is 0.874. The van der Waals surface area contributed by atoms with Gasteiger partial charge in [0.25, 0.3) is 5.91 Å². The molecule has 3 aromatic rings. The monoisotopic (exact) mass is 351 g/mol. The number of hydrogen-bond donors (Lipinski definition) is 2. The Labute approximate surface area is 149 Å². The second-order valence-electron chi connectivity index (χ2n) is 5.71. The van der Waals surface area contributed by atoms with E-state index in [1.807, 2.05) is 30.3 Å². The van der Waals surface area contributed by atoms with Gasteiger partial charge in [0, 0.05) is 11.6 Å². The minimum Gasteiger partial charge on any atom is -0.477 e. The molecule has 0 aliphatic carbocycles. The Morgan fingerprint density at radius 3 is 2.38 bits per heavy atom. The van der Waals surface area contributed by atoms with Crippen LogP contribution in [-0.2, 0) is 4.79 Å². The number of rotatable bonds is 5. The predicted molar refractivity (Wildman–Crippen MR) is 95.4 cm³/mol. The molecule has 0 saturated carbocycles. The number of carboxylic acids is 1. The number of carboxylic acid groups (broad SMARTS) is 1. The van der Waals surface area contributed by atoms with Crippen molar-refractivity contribution in [2.75, 3.05) is 0 Å². The highest BCUT2D eigenvalue weighted by atomic mass is 16.4. The maximum atomic E-state index is 12.3. The minimum absolute atomic E-state index is 0.290. The third-order valence-electron chi connectivity index (χ3n) is 3.74. The third-order valence-corrected chi connectivity index (χ3v) is 3.74. The molecule has 1 aromatic carbocycles. The van der Waals surface area contributed by atoms with Gasteiger partial charge in [-0.2, -0.15) is 0 Å². The van der Waals surface area contributed by atoms with Crippen molar-refractivity contribution < 1.29 is 23.5 Å². The van der Waals surface area contributed by atoms with E-state index in [1.54, 1.807) is 32.0 Å². The summed E-state index contributed by atoms with van der Waals surface area (Å²) in [7, 11) is 0. The predicted octanol–water partition coefficient (Wildman–Crippen LogP) is 4.01. The third kappa shape index (κ3) is 3.75. The van der Waals surface area contributed by atoms with Crippen molar-refractivity contribution in [1.29, 1.82) is 0 Å². The number of carbonyl (C=O) groups is 2. The molecule has 2 aromatic heterocycles. The molecule has 0 bridgehead atoms. The van der Waals surface area contributed by atoms with Crippen molar-refractivity contribution in [3.63, 3.8) is 0 Å². The smallest absolute Gasteiger partial charge is 0.352 e. The summed E-state index contributed by atoms with van der Waals surface area (Å²) in [6.07, 6.45) is 1.27. The van der Waals surface area contributed by atoms with Gasteiger partial charge in [0.15, 0.2) is 0 Å². The molecular formula is C20H17NO5. The second kappa shape index (κ2) is 7.14. The van der Waals surface area contributed by atoms with Gasteiger partial charge in [0.1, 0.15) is 28.7 Å². The van der Waals surface area contributed by atoms with Crippen molar-refractivity contribution in [3.8, 4) is 11.3 Å². The lowest BCUT2D eigenvalue weighted by Crippen LogP contribution is -2.27. The van der Waals surface area contributed by atoms with E-state index < -0.39 is 11.9 Å². The lowest BCUT2D eigenvalue weighted by Gasteiger charge is -2.04. The van der Waals surface area contributed by atoms with Crippen LogP contribution < -0.4 is 5.32 Å². The summed E-state index contributed by atoms with van der Waals surface area (Å²) in [6, 6.07) is 14.4. The second-order valence-corrected chi connectivity index (χ2v) is 5.71. The first-order valence-corrected chi connectivity index (χ1v) is 7.92. The minimum atomic E-state index is -1.27. The molecule has 0 spiro atoms. The molecule has 132 valence electrons. The van der Waals surface area contributed by atoms with E-state index >= 15 is 0 Å². The van der Waals surface area contributed by atoms with Gasteiger partial charge in [0.2, 0.25) is 0 Å². The standard InChI is InChI=1S/C20H17NO5/c1-12-10-16(13(2)25-12)19(22)21-17(20(23)24)11-15-8-9-18(26-15)14-6-4-3-5-7-14/h3-11H,1-2H3,(H,21,22)(H,23,24). The van der Waals surface area contributed by atoms with E-state index in [9.17, 15) is 14.7 Å². The van der Waals surface area contributed by atoms with Gasteiger partial charge in [-0.15, -0.1) is 0 Å². The Morgan fingerprint density at radius 2 is 1.77 bits per heavy atom. The number of aryl methyl sites for hydroxylation is 2. The summed E-state index contributed by atoms with van der Waals surface area (Å²) >= 11 is 0. The molecule has 0 aliphatic heterocycles. The molecule has 6 heteroatoms. The van der Waals surface area contributed by atoms with Crippen LogP contribution in [0.25, 0.3) is 17.4 Å². The van der Waals surface area contributed by atoms with Crippen LogP contribution >= 0.6 is 0 Å². The van der Waals surface area contributed by atoms with E-state index in [2.05, 4.69) is 5.32 Å². The molecule has 6 nitrogen and oxygen atoms in total. The SMILES string of the molecule is Cc1cc(C(=O)NC(=Cc2ccc(-c3ccccc3)o2)C(=O)O)c(C)o1. The molecule has 0 unspecified atom stereocenters. The fourth-order valence-electron chi connectivity index (χ4n) is 2.53. The average molecular weight is 351 g/mol. The summed E-state index contributed by atoms with van der Waals surface area (Å²) < 4.78 is 11.0. The van der Waals surface area contributed by atoms with Gasteiger partial charge in [-0.1, -0.05) is 30.3 Å². The van der Waals surface area contributed by atoms with Crippen LogP contribution in [-0.4, -0.2) is 17.0 Å². The van der Waals surface area contributed by atoms with E-state index in [1.165, 1.54) is 6.08 Å². The molecule has 1 amide bonds. The highest BCUT2D eigenvalue weighted by Crippen LogP contribution is 2.23. The van der Waals surface area contributed by atoms with Gasteiger partial charge >= 0.3 is 5.97 Å². The zero-order valence-corrected chi connectivity index (χ0v) is 14.3. The number of hydrogen-bond acceptors (Lipinski definition) is 4. The first-order chi connectivity index (χ1) is 12.4. The highest BCUT2D eigenvalue weighted by Gasteiger charge is 2.18.